The number of pyridine rings is 1. The molecule has 1 aromatic heterocycles. The predicted molar refractivity (Wildman–Crippen MR) is 108 cm³/mol. The number of hydrogen-bond acceptors (Lipinski definition) is 6. The van der Waals surface area contributed by atoms with Gasteiger partial charge in [-0.1, -0.05) is 0 Å². The Morgan fingerprint density at radius 2 is 1.39 bits per heavy atom. The van der Waals surface area contributed by atoms with Crippen LogP contribution < -0.4 is 15.5 Å². The molecule has 0 aliphatic carbocycles. The molecule has 1 aromatic rings. The highest BCUT2D eigenvalue weighted by Gasteiger charge is 2.05. The summed E-state index contributed by atoms with van der Waals surface area (Å²) in [6.07, 6.45) is 6.72. The molecule has 6 heteroatoms. The molecule has 0 aliphatic heterocycles. The molecule has 0 unspecified atom stereocenters. The van der Waals surface area contributed by atoms with E-state index >= 15 is 0 Å². The van der Waals surface area contributed by atoms with E-state index in [0.717, 1.165) is 37.6 Å². The number of nitrogens with zero attached hydrogens (tertiary/aromatic N) is 2. The van der Waals surface area contributed by atoms with Crippen LogP contribution in [0.5, 0.6) is 0 Å². The molecule has 0 fully saturated rings. The molecular weight excluding hydrogens is 324 g/mol. The second kappa shape index (κ2) is 12.9. The van der Waals surface area contributed by atoms with Gasteiger partial charge >= 0.3 is 0 Å². The van der Waals surface area contributed by atoms with Gasteiger partial charge in [-0.25, -0.2) is 0 Å². The first-order valence-electron chi connectivity index (χ1n) is 8.24. The lowest BCUT2D eigenvalue weighted by molar-refractivity contribution is 0.646. The molecule has 0 saturated heterocycles. The molecule has 0 radical (unpaired) electrons. The van der Waals surface area contributed by atoms with Crippen molar-refractivity contribution >= 4 is 29.2 Å². The number of anilines is 1. The van der Waals surface area contributed by atoms with E-state index in [9.17, 15) is 0 Å². The summed E-state index contributed by atoms with van der Waals surface area (Å²) in [5.41, 5.74) is 3.48. The highest BCUT2D eigenvalue weighted by atomic mass is 32.2. The zero-order valence-electron chi connectivity index (χ0n) is 15.0. The zero-order chi connectivity index (χ0) is 16.9. The highest BCUT2D eigenvalue weighted by molar-refractivity contribution is 7.98. The average molecular weight is 357 g/mol. The smallest absolute Gasteiger partial charge is 0.0566 e. The van der Waals surface area contributed by atoms with Crippen molar-refractivity contribution in [2.45, 2.75) is 25.9 Å². The second-order valence-corrected chi connectivity index (χ2v) is 7.72. The van der Waals surface area contributed by atoms with Crippen molar-refractivity contribution in [2.75, 3.05) is 56.1 Å². The van der Waals surface area contributed by atoms with Gasteiger partial charge < -0.3 is 15.5 Å². The summed E-state index contributed by atoms with van der Waals surface area (Å²) in [5, 5.41) is 6.99. The fraction of sp³-hybridized carbons (Fsp3) is 0.706. The summed E-state index contributed by atoms with van der Waals surface area (Å²) in [5.74, 6) is 2.42. The number of aromatic nitrogens is 1. The van der Waals surface area contributed by atoms with Crippen LogP contribution in [0.1, 0.15) is 24.2 Å². The van der Waals surface area contributed by atoms with Crippen LogP contribution in [0.2, 0.25) is 0 Å². The third kappa shape index (κ3) is 9.45. The van der Waals surface area contributed by atoms with E-state index in [1.54, 1.807) is 0 Å². The maximum Gasteiger partial charge on any atom is 0.0566 e. The van der Waals surface area contributed by atoms with Gasteiger partial charge in [-0.15, -0.1) is 0 Å². The summed E-state index contributed by atoms with van der Waals surface area (Å²) in [4.78, 5) is 6.94. The summed E-state index contributed by atoms with van der Waals surface area (Å²) >= 11 is 3.80. The van der Waals surface area contributed by atoms with E-state index in [1.165, 1.54) is 30.0 Å². The van der Waals surface area contributed by atoms with Crippen molar-refractivity contribution in [3.8, 4) is 0 Å². The van der Waals surface area contributed by atoms with Gasteiger partial charge in [0.15, 0.2) is 0 Å². The quantitative estimate of drug-likeness (QED) is 0.530. The third-order valence-corrected chi connectivity index (χ3v) is 4.84. The van der Waals surface area contributed by atoms with E-state index in [-0.39, 0.29) is 0 Å². The van der Waals surface area contributed by atoms with Crippen LogP contribution in [0.4, 0.5) is 5.69 Å². The minimum Gasteiger partial charge on any atom is -0.378 e. The number of nitrogens with one attached hydrogen (secondary N) is 2. The van der Waals surface area contributed by atoms with Crippen molar-refractivity contribution in [3.63, 3.8) is 0 Å². The third-order valence-electron chi connectivity index (χ3n) is 3.45. The molecule has 0 bridgehead atoms. The fourth-order valence-electron chi connectivity index (χ4n) is 2.19. The lowest BCUT2D eigenvalue weighted by Gasteiger charge is -2.16. The first-order valence-corrected chi connectivity index (χ1v) is 11.0. The molecule has 0 saturated carbocycles. The Bertz CT molecular complexity index is 395. The standard InChI is InChI=1S/C17H32N4S2/c1-21(2)17-11-15(13-18-7-5-9-22-3)20-16(12-17)14-19-8-6-10-23-4/h11-12,18-19H,5-10,13-14H2,1-4H3. The van der Waals surface area contributed by atoms with Crippen molar-refractivity contribution in [1.29, 1.82) is 0 Å². The summed E-state index contributed by atoms with van der Waals surface area (Å²) in [7, 11) is 4.17. The largest absolute Gasteiger partial charge is 0.378 e. The maximum atomic E-state index is 4.79. The number of rotatable bonds is 13. The molecule has 1 heterocycles. The summed E-state index contributed by atoms with van der Waals surface area (Å²) in [6, 6.07) is 4.36. The molecule has 132 valence electrons. The Morgan fingerprint density at radius 1 is 0.913 bits per heavy atom. The van der Waals surface area contributed by atoms with Gasteiger partial charge in [0.1, 0.15) is 0 Å². The molecule has 0 spiro atoms. The normalized spacial score (nSPS) is 11.0. The number of thioether (sulfide) groups is 2. The lowest BCUT2D eigenvalue weighted by Crippen LogP contribution is -2.20. The summed E-state index contributed by atoms with van der Waals surface area (Å²) < 4.78 is 0. The van der Waals surface area contributed by atoms with Crippen molar-refractivity contribution in [1.82, 2.24) is 15.6 Å². The van der Waals surface area contributed by atoms with Gasteiger partial charge in [0.25, 0.3) is 0 Å². The molecule has 0 aliphatic rings. The Balaban J connectivity index is 2.52. The zero-order valence-corrected chi connectivity index (χ0v) is 16.7. The fourth-order valence-corrected chi connectivity index (χ4v) is 3.05. The van der Waals surface area contributed by atoms with Gasteiger partial charge in [-0.05, 0) is 62.1 Å². The molecular formula is C17H32N4S2. The Morgan fingerprint density at radius 3 is 1.78 bits per heavy atom. The monoisotopic (exact) mass is 356 g/mol. The molecule has 0 atom stereocenters. The Kier molecular flexibility index (Phi) is 11.6. The minimum absolute atomic E-state index is 0.843. The number of hydrogen-bond donors (Lipinski definition) is 2. The van der Waals surface area contributed by atoms with Crippen LogP contribution in [0.3, 0.4) is 0 Å². The second-order valence-electron chi connectivity index (χ2n) is 5.75. The van der Waals surface area contributed by atoms with E-state index < -0.39 is 0 Å². The van der Waals surface area contributed by atoms with Crippen molar-refractivity contribution < 1.29 is 0 Å². The molecule has 4 nitrogen and oxygen atoms in total. The SMILES string of the molecule is CSCCCNCc1cc(N(C)C)cc(CNCCCSC)n1. The van der Waals surface area contributed by atoms with Crippen LogP contribution in [0, 0.1) is 0 Å². The van der Waals surface area contributed by atoms with Crippen LogP contribution in [-0.2, 0) is 13.1 Å². The van der Waals surface area contributed by atoms with E-state index in [0.29, 0.717) is 0 Å². The topological polar surface area (TPSA) is 40.2 Å². The van der Waals surface area contributed by atoms with Gasteiger partial charge in [0.2, 0.25) is 0 Å². The Labute approximate surface area is 150 Å². The molecule has 0 aromatic carbocycles. The van der Waals surface area contributed by atoms with Gasteiger partial charge in [0.05, 0.1) is 11.4 Å². The van der Waals surface area contributed by atoms with E-state index in [1.807, 2.05) is 23.5 Å². The summed E-state index contributed by atoms with van der Waals surface area (Å²) in [6.45, 7) is 3.79. The van der Waals surface area contributed by atoms with Crippen molar-refractivity contribution in [2.24, 2.45) is 0 Å². The Hall–Kier alpha value is -0.430. The first-order chi connectivity index (χ1) is 11.2. The van der Waals surface area contributed by atoms with Gasteiger partial charge in [-0.2, -0.15) is 23.5 Å². The maximum absolute atomic E-state index is 4.79. The molecule has 0 amide bonds. The van der Waals surface area contributed by atoms with Crippen LogP contribution in [0.15, 0.2) is 12.1 Å². The lowest BCUT2D eigenvalue weighted by atomic mass is 10.2. The van der Waals surface area contributed by atoms with Gasteiger partial charge in [0, 0.05) is 32.9 Å². The highest BCUT2D eigenvalue weighted by Crippen LogP contribution is 2.14. The first kappa shape index (κ1) is 20.6. The van der Waals surface area contributed by atoms with E-state index in [2.05, 4.69) is 54.3 Å². The predicted octanol–water partition coefficient (Wildman–Crippen LogP) is 2.83. The molecule has 2 N–H and O–H groups in total. The van der Waals surface area contributed by atoms with Crippen LogP contribution >= 0.6 is 23.5 Å². The van der Waals surface area contributed by atoms with E-state index in [4.69, 9.17) is 4.98 Å². The van der Waals surface area contributed by atoms with Gasteiger partial charge in [-0.3, -0.25) is 4.98 Å². The minimum atomic E-state index is 0.843. The van der Waals surface area contributed by atoms with Crippen molar-refractivity contribution in [3.05, 3.63) is 23.5 Å². The van der Waals surface area contributed by atoms with Crippen LogP contribution in [-0.4, -0.2) is 56.2 Å². The average Bonchev–Trinajstić information content (AvgIpc) is 2.54. The molecule has 1 rings (SSSR count). The molecule has 23 heavy (non-hydrogen) atoms. The van der Waals surface area contributed by atoms with Crippen LogP contribution in [0.25, 0.3) is 0 Å².